The number of fused-ring (bicyclic) bond motifs is 2. The lowest BCUT2D eigenvalue weighted by molar-refractivity contribution is 0.0704. The number of hydrogen-bond donors (Lipinski definition) is 1. The van der Waals surface area contributed by atoms with Crippen molar-refractivity contribution in [1.29, 1.82) is 0 Å². The van der Waals surface area contributed by atoms with Crippen molar-refractivity contribution in [2.75, 3.05) is 18.4 Å². The molecule has 2 bridgehead atoms. The van der Waals surface area contributed by atoms with Gasteiger partial charge in [-0.1, -0.05) is 6.07 Å². The molecule has 2 atom stereocenters. The average molecular weight is 258 g/mol. The Morgan fingerprint density at radius 1 is 1.42 bits per heavy atom. The van der Waals surface area contributed by atoms with Crippen LogP contribution in [0.25, 0.3) is 0 Å². The largest absolute Gasteiger partial charge is 0.385 e. The lowest BCUT2D eigenvalue weighted by Gasteiger charge is -2.28. The summed E-state index contributed by atoms with van der Waals surface area (Å²) >= 11 is 0. The van der Waals surface area contributed by atoms with Gasteiger partial charge in [-0.15, -0.1) is 0 Å². The Bertz CT molecular complexity index is 498. The Hall–Kier alpha value is -1.51. The van der Waals surface area contributed by atoms with Crippen LogP contribution in [-0.2, 0) is 0 Å². The van der Waals surface area contributed by atoms with E-state index in [4.69, 9.17) is 0 Å². The number of amides is 1. The van der Waals surface area contributed by atoms with Crippen molar-refractivity contribution < 1.29 is 4.79 Å². The monoisotopic (exact) mass is 258 g/mol. The highest BCUT2D eigenvalue weighted by atomic mass is 16.2. The summed E-state index contributed by atoms with van der Waals surface area (Å²) in [5.41, 5.74) is 3.01. The second-order valence-corrected chi connectivity index (χ2v) is 5.87. The maximum Gasteiger partial charge on any atom is 0.256 e. The molecule has 3 rings (SSSR count). The minimum absolute atomic E-state index is 0.211. The zero-order valence-electron chi connectivity index (χ0n) is 11.8. The molecule has 0 aromatic heterocycles. The van der Waals surface area contributed by atoms with E-state index >= 15 is 0 Å². The van der Waals surface area contributed by atoms with Gasteiger partial charge in [-0.05, 0) is 56.7 Å². The molecular formula is C16H22N2O. The van der Waals surface area contributed by atoms with Crippen molar-refractivity contribution >= 4 is 11.6 Å². The number of hydrogen-bond acceptors (Lipinski definition) is 2. The number of benzene rings is 1. The Labute approximate surface area is 115 Å². The van der Waals surface area contributed by atoms with Crippen molar-refractivity contribution in [2.24, 2.45) is 5.92 Å². The zero-order chi connectivity index (χ0) is 13.4. The second-order valence-electron chi connectivity index (χ2n) is 5.87. The summed E-state index contributed by atoms with van der Waals surface area (Å²) < 4.78 is 0. The summed E-state index contributed by atoms with van der Waals surface area (Å²) in [6.45, 7) is 5.93. The van der Waals surface area contributed by atoms with Crippen LogP contribution in [0.15, 0.2) is 18.2 Å². The fraction of sp³-hybridized carbons (Fsp3) is 0.562. The van der Waals surface area contributed by atoms with Crippen LogP contribution in [0.2, 0.25) is 0 Å². The van der Waals surface area contributed by atoms with E-state index in [0.29, 0.717) is 6.04 Å². The van der Waals surface area contributed by atoms with Gasteiger partial charge < -0.3 is 10.2 Å². The molecule has 0 radical (unpaired) electrons. The molecule has 19 heavy (non-hydrogen) atoms. The second kappa shape index (κ2) is 4.87. The molecule has 1 aliphatic carbocycles. The third kappa shape index (κ3) is 2.22. The number of carbonyl (C=O) groups is 1. The van der Waals surface area contributed by atoms with Gasteiger partial charge in [-0.3, -0.25) is 4.79 Å². The van der Waals surface area contributed by atoms with E-state index in [0.717, 1.165) is 30.3 Å². The normalized spacial score (nSPS) is 24.8. The SMILES string of the molecule is CCNc1cc(C)ccc1C(=O)N1CC2CCC1C2. The summed E-state index contributed by atoms with van der Waals surface area (Å²) in [4.78, 5) is 14.8. The van der Waals surface area contributed by atoms with Crippen molar-refractivity contribution in [1.82, 2.24) is 4.90 Å². The van der Waals surface area contributed by atoms with E-state index in [2.05, 4.69) is 30.1 Å². The van der Waals surface area contributed by atoms with Crippen LogP contribution in [0, 0.1) is 12.8 Å². The molecular weight excluding hydrogens is 236 g/mol. The van der Waals surface area contributed by atoms with Crippen LogP contribution in [-0.4, -0.2) is 29.9 Å². The number of rotatable bonds is 3. The van der Waals surface area contributed by atoms with Crippen LogP contribution in [0.3, 0.4) is 0 Å². The summed E-state index contributed by atoms with van der Waals surface area (Å²) in [5, 5.41) is 3.32. The molecule has 1 aliphatic heterocycles. The van der Waals surface area contributed by atoms with Gasteiger partial charge >= 0.3 is 0 Å². The third-order valence-electron chi connectivity index (χ3n) is 4.44. The van der Waals surface area contributed by atoms with Gasteiger partial charge in [0.05, 0.1) is 5.56 Å². The highest BCUT2D eigenvalue weighted by Crippen LogP contribution is 2.38. The van der Waals surface area contributed by atoms with Crippen molar-refractivity contribution in [2.45, 2.75) is 39.2 Å². The number of piperidine rings is 1. The Kier molecular flexibility index (Phi) is 3.21. The number of nitrogens with one attached hydrogen (secondary N) is 1. The van der Waals surface area contributed by atoms with Crippen LogP contribution >= 0.6 is 0 Å². The van der Waals surface area contributed by atoms with Crippen molar-refractivity contribution in [3.8, 4) is 0 Å². The molecule has 1 aromatic rings. The molecule has 1 aromatic carbocycles. The molecule has 102 valence electrons. The maximum atomic E-state index is 12.7. The van der Waals surface area contributed by atoms with Gasteiger partial charge in [0.2, 0.25) is 0 Å². The Balaban J connectivity index is 1.87. The fourth-order valence-electron chi connectivity index (χ4n) is 3.51. The van der Waals surface area contributed by atoms with Gasteiger partial charge in [-0.25, -0.2) is 0 Å². The van der Waals surface area contributed by atoms with E-state index < -0.39 is 0 Å². The molecule has 1 heterocycles. The van der Waals surface area contributed by atoms with Gasteiger partial charge in [0, 0.05) is 24.8 Å². The molecule has 1 amide bonds. The highest BCUT2D eigenvalue weighted by molar-refractivity contribution is 6.00. The number of nitrogens with zero attached hydrogens (tertiary/aromatic N) is 1. The van der Waals surface area contributed by atoms with E-state index in [1.165, 1.54) is 24.8 Å². The van der Waals surface area contributed by atoms with E-state index in [-0.39, 0.29) is 5.91 Å². The predicted molar refractivity (Wildman–Crippen MR) is 77.5 cm³/mol. The number of aryl methyl sites for hydroxylation is 1. The molecule has 3 heteroatoms. The Morgan fingerprint density at radius 3 is 2.89 bits per heavy atom. The maximum absolute atomic E-state index is 12.7. The summed E-state index contributed by atoms with van der Waals surface area (Å²) in [6.07, 6.45) is 3.72. The average Bonchev–Trinajstić information content (AvgIpc) is 3.01. The highest BCUT2D eigenvalue weighted by Gasteiger charge is 2.40. The van der Waals surface area contributed by atoms with Crippen LogP contribution in [0.1, 0.15) is 42.1 Å². The minimum atomic E-state index is 0.211. The molecule has 1 N–H and O–H groups in total. The van der Waals surface area contributed by atoms with Gasteiger partial charge in [0.15, 0.2) is 0 Å². The first-order chi connectivity index (χ1) is 9.19. The standard InChI is InChI=1S/C16H22N2O/c1-3-17-15-8-11(2)4-7-14(15)16(19)18-10-12-5-6-13(18)9-12/h4,7-8,12-13,17H,3,5-6,9-10H2,1-2H3. The van der Waals surface area contributed by atoms with Gasteiger partial charge in [0.1, 0.15) is 0 Å². The van der Waals surface area contributed by atoms with Crippen LogP contribution < -0.4 is 5.32 Å². The topological polar surface area (TPSA) is 32.3 Å². The molecule has 2 unspecified atom stereocenters. The fourth-order valence-corrected chi connectivity index (χ4v) is 3.51. The molecule has 1 saturated carbocycles. The number of anilines is 1. The minimum Gasteiger partial charge on any atom is -0.385 e. The molecule has 2 fully saturated rings. The van der Waals surface area contributed by atoms with E-state index in [1.54, 1.807) is 0 Å². The van der Waals surface area contributed by atoms with Crippen molar-refractivity contribution in [3.05, 3.63) is 29.3 Å². The summed E-state index contributed by atoms with van der Waals surface area (Å²) in [5.74, 6) is 0.963. The number of carbonyl (C=O) groups excluding carboxylic acids is 1. The quantitative estimate of drug-likeness (QED) is 0.903. The van der Waals surface area contributed by atoms with Crippen LogP contribution in [0.4, 0.5) is 5.69 Å². The summed E-state index contributed by atoms with van der Waals surface area (Å²) in [7, 11) is 0. The third-order valence-corrected chi connectivity index (χ3v) is 4.44. The molecule has 1 saturated heterocycles. The Morgan fingerprint density at radius 2 is 2.26 bits per heavy atom. The lowest BCUT2D eigenvalue weighted by atomic mass is 10.1. The van der Waals surface area contributed by atoms with E-state index in [1.807, 2.05) is 12.1 Å². The lowest BCUT2D eigenvalue weighted by Crippen LogP contribution is -2.38. The first-order valence-corrected chi connectivity index (χ1v) is 7.34. The number of likely N-dealkylation sites (tertiary alicyclic amines) is 1. The van der Waals surface area contributed by atoms with E-state index in [9.17, 15) is 4.79 Å². The summed E-state index contributed by atoms with van der Waals surface area (Å²) in [6, 6.07) is 6.57. The first-order valence-electron chi connectivity index (χ1n) is 7.34. The zero-order valence-corrected chi connectivity index (χ0v) is 11.8. The first kappa shape index (κ1) is 12.5. The molecule has 3 nitrogen and oxygen atoms in total. The van der Waals surface area contributed by atoms with Crippen molar-refractivity contribution in [3.63, 3.8) is 0 Å². The predicted octanol–water partition coefficient (Wildman–Crippen LogP) is 3.05. The smallest absolute Gasteiger partial charge is 0.256 e. The molecule has 0 spiro atoms. The molecule has 2 aliphatic rings. The van der Waals surface area contributed by atoms with Crippen LogP contribution in [0.5, 0.6) is 0 Å². The van der Waals surface area contributed by atoms with Gasteiger partial charge in [0.25, 0.3) is 5.91 Å². The van der Waals surface area contributed by atoms with Gasteiger partial charge in [-0.2, -0.15) is 0 Å².